The van der Waals surface area contributed by atoms with Crippen molar-refractivity contribution in [3.8, 4) is 28.7 Å². The molecule has 0 atom stereocenters. The number of nitrogens with two attached hydrogens (primary N) is 2. The molecule has 10 heteroatoms. The number of ketones is 1. The molecule has 0 saturated heterocycles. The molecule has 1 aliphatic heterocycles. The van der Waals surface area contributed by atoms with Gasteiger partial charge >= 0.3 is 0 Å². The van der Waals surface area contributed by atoms with Crippen LogP contribution in [0.3, 0.4) is 0 Å². The molecule has 2 aromatic carbocycles. The molecule has 0 spiro atoms. The minimum atomic E-state index is -0.449. The molecule has 0 aliphatic carbocycles. The Hall–Kier alpha value is -4.08. The summed E-state index contributed by atoms with van der Waals surface area (Å²) in [4.78, 5) is 21.5. The van der Waals surface area contributed by atoms with Crippen LogP contribution in [0.15, 0.2) is 17.1 Å². The predicted molar refractivity (Wildman–Crippen MR) is 149 cm³/mol. The topological polar surface area (TPSA) is 154 Å². The van der Waals surface area contributed by atoms with Crippen molar-refractivity contribution in [1.29, 1.82) is 0 Å². The number of nitrogens with one attached hydrogen (secondary N) is 1. The molecule has 204 valence electrons. The molecule has 1 aromatic heterocycles. The van der Waals surface area contributed by atoms with Crippen molar-refractivity contribution >= 4 is 39.5 Å². The molecule has 0 unspecified atom stereocenters. The predicted octanol–water partition coefficient (Wildman–Crippen LogP) is 5.51. The number of aromatic hydroxyl groups is 1. The first kappa shape index (κ1) is 27.0. The molecule has 2 heterocycles. The maximum atomic E-state index is 13.8. The Morgan fingerprint density at radius 2 is 1.47 bits per heavy atom. The van der Waals surface area contributed by atoms with E-state index < -0.39 is 5.78 Å². The van der Waals surface area contributed by atoms with E-state index in [1.807, 2.05) is 0 Å². The van der Waals surface area contributed by atoms with Gasteiger partial charge in [0.2, 0.25) is 5.78 Å². The van der Waals surface area contributed by atoms with E-state index in [0.29, 0.717) is 52.7 Å². The molecule has 0 fully saturated rings. The van der Waals surface area contributed by atoms with Crippen LogP contribution in [0.1, 0.15) is 68.4 Å². The lowest BCUT2D eigenvalue weighted by Crippen LogP contribution is -2.14. The second-order valence-corrected chi connectivity index (χ2v) is 9.22. The first-order valence-corrected chi connectivity index (χ1v) is 13.0. The number of benzene rings is 2. The highest BCUT2D eigenvalue weighted by Crippen LogP contribution is 2.49. The minimum absolute atomic E-state index is 0.00596. The van der Waals surface area contributed by atoms with E-state index >= 15 is 0 Å². The lowest BCUT2D eigenvalue weighted by Gasteiger charge is -2.14. The number of H-pyrrole nitrogens is 1. The van der Waals surface area contributed by atoms with Crippen LogP contribution in [0, 0.1) is 0 Å². The van der Waals surface area contributed by atoms with Crippen LogP contribution in [0.4, 0.5) is 17.1 Å². The molecule has 1 aliphatic rings. The van der Waals surface area contributed by atoms with Gasteiger partial charge in [-0.3, -0.25) is 4.79 Å². The zero-order valence-electron chi connectivity index (χ0n) is 22.4. The average Bonchev–Trinajstić information content (AvgIpc) is 3.43. The molecule has 6 N–H and O–H groups in total. The van der Waals surface area contributed by atoms with Crippen molar-refractivity contribution in [3.63, 3.8) is 0 Å². The molecule has 0 saturated carbocycles. The number of hydrogen-bond acceptors (Lipinski definition) is 9. The number of aromatic amines is 1. The number of fused-ring (bicyclic) bond motifs is 2. The third-order valence-corrected chi connectivity index (χ3v) is 6.57. The number of aliphatic imine (C=N–C) groups is 1. The maximum Gasteiger partial charge on any atom is 0.219 e. The van der Waals surface area contributed by atoms with Gasteiger partial charge in [-0.25, -0.2) is 4.99 Å². The second kappa shape index (κ2) is 11.5. The fourth-order valence-corrected chi connectivity index (χ4v) is 4.59. The van der Waals surface area contributed by atoms with Crippen molar-refractivity contribution in [3.05, 3.63) is 23.4 Å². The van der Waals surface area contributed by atoms with Crippen LogP contribution in [-0.2, 0) is 0 Å². The summed E-state index contributed by atoms with van der Waals surface area (Å²) >= 11 is 0. The summed E-state index contributed by atoms with van der Waals surface area (Å²) in [7, 11) is 2.97. The van der Waals surface area contributed by atoms with E-state index in [-0.39, 0.29) is 34.2 Å². The highest BCUT2D eigenvalue weighted by atomic mass is 16.5. The van der Waals surface area contributed by atoms with Crippen LogP contribution in [-0.4, -0.2) is 49.0 Å². The number of rotatable bonds is 13. The van der Waals surface area contributed by atoms with Crippen molar-refractivity contribution in [2.24, 2.45) is 4.99 Å². The number of aromatic nitrogens is 1. The van der Waals surface area contributed by atoms with Gasteiger partial charge in [0, 0.05) is 12.1 Å². The van der Waals surface area contributed by atoms with Crippen molar-refractivity contribution in [2.75, 3.05) is 38.9 Å². The van der Waals surface area contributed by atoms with Crippen molar-refractivity contribution < 1.29 is 28.8 Å². The summed E-state index contributed by atoms with van der Waals surface area (Å²) in [5.74, 6) is 0.647. The third-order valence-electron chi connectivity index (χ3n) is 6.57. The SMILES string of the molecule is CCCCCOc1c(N)cc(OC)c2c1C(=O)C(c1[nH]c3c(OC)cc(N)c(OCCCCC)c3c1O)=N2. The van der Waals surface area contributed by atoms with E-state index in [4.69, 9.17) is 30.4 Å². The molecule has 4 rings (SSSR count). The molecule has 10 nitrogen and oxygen atoms in total. The second-order valence-electron chi connectivity index (χ2n) is 9.22. The van der Waals surface area contributed by atoms with E-state index in [1.165, 1.54) is 14.2 Å². The third kappa shape index (κ3) is 4.78. The number of Topliss-reactive ketones (excluding diaryl/α,β-unsaturated/α-hetero) is 1. The number of carbonyl (C=O) groups excluding carboxylic acids is 1. The summed E-state index contributed by atoms with van der Waals surface area (Å²) in [6, 6.07) is 3.21. The van der Waals surface area contributed by atoms with Gasteiger partial charge in [0.05, 0.1) is 55.3 Å². The average molecular weight is 525 g/mol. The molecule has 0 amide bonds. The quantitative estimate of drug-likeness (QED) is 0.168. The van der Waals surface area contributed by atoms with Gasteiger partial charge in [-0.05, 0) is 12.8 Å². The minimum Gasteiger partial charge on any atom is -0.505 e. The molecular weight excluding hydrogens is 488 g/mol. The number of nitrogens with zero attached hydrogens (tertiary/aromatic N) is 1. The summed E-state index contributed by atoms with van der Waals surface area (Å²) in [5, 5.41) is 11.7. The molecule has 3 aromatic rings. The fraction of sp³-hybridized carbons (Fsp3) is 0.429. The Kier molecular flexibility index (Phi) is 8.19. The standard InChI is InChI=1S/C28H36N4O6/c1-5-7-9-11-37-27-15(29)13-17(35-3)21-19(27)25(33)23(31-21)24-26(34)20-22(32-24)18(36-4)14-16(30)28(20)38-12-10-8-6-2/h13-14,31,33H,5-12,29-30H2,1-4H3. The molecule has 0 bridgehead atoms. The monoisotopic (exact) mass is 524 g/mol. The van der Waals surface area contributed by atoms with Crippen molar-refractivity contribution in [2.45, 2.75) is 52.4 Å². The highest BCUT2D eigenvalue weighted by molar-refractivity contribution is 6.56. The van der Waals surface area contributed by atoms with Gasteiger partial charge in [0.1, 0.15) is 28.6 Å². The Morgan fingerprint density at radius 1 is 0.895 bits per heavy atom. The van der Waals surface area contributed by atoms with Gasteiger partial charge in [0.15, 0.2) is 17.2 Å². The van der Waals surface area contributed by atoms with Gasteiger partial charge in [0.25, 0.3) is 0 Å². The number of nitrogen functional groups attached to an aromatic ring is 2. The highest BCUT2D eigenvalue weighted by Gasteiger charge is 2.37. The zero-order valence-corrected chi connectivity index (χ0v) is 22.4. The molecule has 38 heavy (non-hydrogen) atoms. The summed E-state index contributed by atoms with van der Waals surface area (Å²) < 4.78 is 22.9. The number of unbranched alkanes of at least 4 members (excludes halogenated alkanes) is 4. The van der Waals surface area contributed by atoms with Crippen molar-refractivity contribution in [1.82, 2.24) is 4.98 Å². The van der Waals surface area contributed by atoms with E-state index in [9.17, 15) is 9.90 Å². The Bertz CT molecular complexity index is 1380. The number of anilines is 2. The largest absolute Gasteiger partial charge is 0.505 e. The number of ether oxygens (including phenoxy) is 4. The van der Waals surface area contributed by atoms with Gasteiger partial charge in [-0.15, -0.1) is 0 Å². The molecular formula is C28H36N4O6. The van der Waals surface area contributed by atoms with E-state index in [2.05, 4.69) is 23.8 Å². The summed E-state index contributed by atoms with van der Waals surface area (Å²) in [5.41, 5.74) is 14.2. The fourth-order valence-electron chi connectivity index (χ4n) is 4.59. The number of carbonyl (C=O) groups is 1. The zero-order chi connectivity index (χ0) is 27.4. The first-order valence-electron chi connectivity index (χ1n) is 13.0. The van der Waals surface area contributed by atoms with Crippen LogP contribution in [0.2, 0.25) is 0 Å². The summed E-state index contributed by atoms with van der Waals surface area (Å²) in [6.45, 7) is 5.04. The number of methoxy groups -OCH3 is 2. The Labute approximate surface area is 221 Å². The lowest BCUT2D eigenvalue weighted by atomic mass is 10.0. The van der Waals surface area contributed by atoms with Gasteiger partial charge < -0.3 is 40.5 Å². The van der Waals surface area contributed by atoms with E-state index in [1.54, 1.807) is 12.1 Å². The normalized spacial score (nSPS) is 12.5. The number of hydrogen-bond donors (Lipinski definition) is 4. The Morgan fingerprint density at radius 3 is 2.08 bits per heavy atom. The smallest absolute Gasteiger partial charge is 0.219 e. The van der Waals surface area contributed by atoms with Crippen LogP contribution < -0.4 is 30.4 Å². The van der Waals surface area contributed by atoms with Gasteiger partial charge in [-0.1, -0.05) is 39.5 Å². The summed E-state index contributed by atoms with van der Waals surface area (Å²) in [6.07, 6.45) is 5.72. The first-order chi connectivity index (χ1) is 18.4. The lowest BCUT2D eigenvalue weighted by molar-refractivity contribution is 0.106. The Balaban J connectivity index is 1.81. The maximum absolute atomic E-state index is 13.8. The van der Waals surface area contributed by atoms with Crippen LogP contribution in [0.5, 0.6) is 28.7 Å². The van der Waals surface area contributed by atoms with E-state index in [0.717, 1.165) is 38.5 Å². The van der Waals surface area contributed by atoms with Crippen LogP contribution >= 0.6 is 0 Å². The van der Waals surface area contributed by atoms with Crippen LogP contribution in [0.25, 0.3) is 10.9 Å². The molecule has 0 radical (unpaired) electrons. The van der Waals surface area contributed by atoms with Gasteiger partial charge in [-0.2, -0.15) is 0 Å².